The summed E-state index contributed by atoms with van der Waals surface area (Å²) in [6, 6.07) is 21.0. The molecule has 0 radical (unpaired) electrons. The van der Waals surface area contributed by atoms with Gasteiger partial charge in [0.05, 0.1) is 38.4 Å². The van der Waals surface area contributed by atoms with Gasteiger partial charge in [-0.15, -0.1) is 0 Å². The van der Waals surface area contributed by atoms with E-state index in [1.54, 1.807) is 25.0 Å². The lowest BCUT2D eigenvalue weighted by Gasteiger charge is -2.18. The average Bonchev–Trinajstić information content (AvgIpc) is 3.30. The molecule has 1 atom stereocenters. The third-order valence-electron chi connectivity index (χ3n) is 6.35. The van der Waals surface area contributed by atoms with E-state index in [1.807, 2.05) is 50.2 Å². The number of nitrogens with one attached hydrogen (secondary N) is 1. The number of fused-ring (bicyclic) bond motifs is 1. The van der Waals surface area contributed by atoms with Crippen LogP contribution < -0.4 is 14.8 Å². The molecule has 0 aliphatic rings. The van der Waals surface area contributed by atoms with Crippen LogP contribution in [0.4, 0.5) is 0 Å². The van der Waals surface area contributed by atoms with Crippen molar-refractivity contribution in [1.29, 1.82) is 0 Å². The number of aromatic nitrogens is 2. The first-order valence-electron chi connectivity index (χ1n) is 12.6. The van der Waals surface area contributed by atoms with Crippen LogP contribution in [0, 0.1) is 5.92 Å². The first kappa shape index (κ1) is 26.7. The monoisotopic (exact) mass is 515 g/mol. The lowest BCUT2D eigenvalue weighted by atomic mass is 10.0. The molecular formula is C30H33N3O5. The number of hydrogen-bond donors (Lipinski definition) is 2. The minimum Gasteiger partial charge on any atom is -0.496 e. The van der Waals surface area contributed by atoms with Crippen molar-refractivity contribution < 1.29 is 24.2 Å². The third-order valence-corrected chi connectivity index (χ3v) is 6.35. The standard InChI is InChI=1S/C30H33N3O5/c1-19(2)14-23(16-28(34)35)31-30(36)24-17-25(29-26(37-3)10-7-11-27(29)38-4)33(32-24)18-20-12-13-21-8-5-6-9-22(21)15-20/h5-13,15,17,19,23H,14,16,18H2,1-4H3,(H,31,36)(H,34,35)/t23-/m0/s1. The first-order valence-corrected chi connectivity index (χ1v) is 12.6. The normalized spacial score (nSPS) is 11.9. The van der Waals surface area contributed by atoms with Gasteiger partial charge in [0.15, 0.2) is 5.69 Å². The SMILES string of the molecule is COc1cccc(OC)c1-c1cc(C(=O)N[C@H](CC(=O)O)CC(C)C)nn1Cc1ccc2ccccc2c1. The molecule has 8 nitrogen and oxygen atoms in total. The van der Waals surface area contributed by atoms with Gasteiger partial charge in [-0.05, 0) is 52.9 Å². The molecule has 198 valence electrons. The molecule has 0 bridgehead atoms. The van der Waals surface area contributed by atoms with Crippen molar-refractivity contribution in [3.63, 3.8) is 0 Å². The number of benzene rings is 3. The summed E-state index contributed by atoms with van der Waals surface area (Å²) in [6.45, 7) is 4.38. The van der Waals surface area contributed by atoms with E-state index in [2.05, 4.69) is 34.7 Å². The molecule has 1 heterocycles. The summed E-state index contributed by atoms with van der Waals surface area (Å²) in [7, 11) is 3.16. The molecule has 3 aromatic carbocycles. The number of aliphatic carboxylic acids is 1. The second-order valence-electron chi connectivity index (χ2n) is 9.69. The Balaban J connectivity index is 1.76. The summed E-state index contributed by atoms with van der Waals surface area (Å²) >= 11 is 0. The molecule has 4 rings (SSSR count). The zero-order valence-electron chi connectivity index (χ0n) is 22.1. The zero-order chi connectivity index (χ0) is 27.2. The second-order valence-corrected chi connectivity index (χ2v) is 9.69. The van der Waals surface area contributed by atoms with E-state index in [1.165, 1.54) is 0 Å². The topological polar surface area (TPSA) is 103 Å². The Kier molecular flexibility index (Phi) is 8.31. The molecular weight excluding hydrogens is 482 g/mol. The van der Waals surface area contributed by atoms with Crippen molar-refractivity contribution in [2.45, 2.75) is 39.3 Å². The quantitative estimate of drug-likeness (QED) is 0.278. The largest absolute Gasteiger partial charge is 0.496 e. The first-order chi connectivity index (χ1) is 18.3. The highest BCUT2D eigenvalue weighted by atomic mass is 16.5. The number of nitrogens with zero attached hydrogens (tertiary/aromatic N) is 2. The highest BCUT2D eigenvalue weighted by molar-refractivity contribution is 5.94. The fourth-order valence-electron chi connectivity index (χ4n) is 4.70. The molecule has 1 amide bonds. The maximum atomic E-state index is 13.3. The van der Waals surface area contributed by atoms with Gasteiger partial charge in [-0.3, -0.25) is 14.3 Å². The summed E-state index contributed by atoms with van der Waals surface area (Å²) < 4.78 is 13.0. The van der Waals surface area contributed by atoms with Gasteiger partial charge in [-0.2, -0.15) is 5.10 Å². The van der Waals surface area contributed by atoms with Crippen LogP contribution in [0.15, 0.2) is 66.7 Å². The maximum absolute atomic E-state index is 13.3. The molecule has 38 heavy (non-hydrogen) atoms. The van der Waals surface area contributed by atoms with Crippen LogP contribution in [-0.2, 0) is 11.3 Å². The summed E-state index contributed by atoms with van der Waals surface area (Å²) in [5.41, 5.74) is 2.52. The minimum absolute atomic E-state index is 0.158. The summed E-state index contributed by atoms with van der Waals surface area (Å²) in [5.74, 6) is -0.000850. The van der Waals surface area contributed by atoms with Crippen molar-refractivity contribution >= 4 is 22.6 Å². The number of amides is 1. The van der Waals surface area contributed by atoms with E-state index in [0.717, 1.165) is 16.3 Å². The van der Waals surface area contributed by atoms with Crippen LogP contribution in [0.5, 0.6) is 11.5 Å². The van der Waals surface area contributed by atoms with Crippen molar-refractivity contribution in [3.8, 4) is 22.8 Å². The molecule has 0 spiro atoms. The lowest BCUT2D eigenvalue weighted by Crippen LogP contribution is -2.37. The van der Waals surface area contributed by atoms with Gasteiger partial charge in [0.1, 0.15) is 11.5 Å². The molecule has 0 aliphatic heterocycles. The Morgan fingerprint density at radius 2 is 1.63 bits per heavy atom. The van der Waals surface area contributed by atoms with Crippen LogP contribution in [0.25, 0.3) is 22.0 Å². The highest BCUT2D eigenvalue weighted by Crippen LogP contribution is 2.39. The van der Waals surface area contributed by atoms with Crippen LogP contribution in [-0.4, -0.2) is 47.0 Å². The van der Waals surface area contributed by atoms with Gasteiger partial charge in [0, 0.05) is 6.04 Å². The van der Waals surface area contributed by atoms with Gasteiger partial charge in [-0.25, -0.2) is 0 Å². The van der Waals surface area contributed by atoms with E-state index >= 15 is 0 Å². The van der Waals surface area contributed by atoms with Gasteiger partial charge >= 0.3 is 5.97 Å². The molecule has 0 fully saturated rings. The number of ether oxygens (including phenoxy) is 2. The number of hydrogen-bond acceptors (Lipinski definition) is 5. The zero-order valence-corrected chi connectivity index (χ0v) is 22.1. The third kappa shape index (κ3) is 6.14. The summed E-state index contributed by atoms with van der Waals surface area (Å²) in [5, 5.41) is 19.1. The van der Waals surface area contributed by atoms with Crippen molar-refractivity contribution in [2.75, 3.05) is 14.2 Å². The number of carboxylic acid groups (broad SMARTS) is 1. The van der Waals surface area contributed by atoms with Crippen LogP contribution >= 0.6 is 0 Å². The lowest BCUT2D eigenvalue weighted by molar-refractivity contribution is -0.137. The Morgan fingerprint density at radius 3 is 2.26 bits per heavy atom. The predicted octanol–water partition coefficient (Wildman–Crippen LogP) is 5.39. The minimum atomic E-state index is -0.961. The number of methoxy groups -OCH3 is 2. The molecule has 4 aromatic rings. The van der Waals surface area contributed by atoms with Gasteiger partial charge < -0.3 is 19.9 Å². The van der Waals surface area contributed by atoms with Gasteiger partial charge in [0.25, 0.3) is 5.91 Å². The van der Waals surface area contributed by atoms with E-state index < -0.39 is 17.9 Å². The fraction of sp³-hybridized carbons (Fsp3) is 0.300. The van der Waals surface area contributed by atoms with Crippen molar-refractivity contribution in [3.05, 3.63) is 78.0 Å². The van der Waals surface area contributed by atoms with E-state index in [-0.39, 0.29) is 18.0 Å². The van der Waals surface area contributed by atoms with Crippen molar-refractivity contribution in [2.24, 2.45) is 5.92 Å². The number of carboxylic acids is 1. The Hall–Kier alpha value is -4.33. The van der Waals surface area contributed by atoms with Crippen LogP contribution in [0.1, 0.15) is 42.7 Å². The number of carbonyl (C=O) groups excluding carboxylic acids is 1. The van der Waals surface area contributed by atoms with Crippen LogP contribution in [0.2, 0.25) is 0 Å². The van der Waals surface area contributed by atoms with Gasteiger partial charge in [-0.1, -0.05) is 56.3 Å². The van der Waals surface area contributed by atoms with Crippen LogP contribution in [0.3, 0.4) is 0 Å². The summed E-state index contributed by atoms with van der Waals surface area (Å²) in [6.07, 6.45) is 0.387. The van der Waals surface area contributed by atoms with Gasteiger partial charge in [0.2, 0.25) is 0 Å². The molecule has 0 unspecified atom stereocenters. The van der Waals surface area contributed by atoms with E-state index in [4.69, 9.17) is 9.47 Å². The predicted molar refractivity (Wildman–Crippen MR) is 147 cm³/mol. The molecule has 0 saturated carbocycles. The molecule has 0 saturated heterocycles. The Morgan fingerprint density at radius 1 is 0.947 bits per heavy atom. The molecule has 2 N–H and O–H groups in total. The van der Waals surface area contributed by atoms with E-state index in [0.29, 0.717) is 35.7 Å². The smallest absolute Gasteiger partial charge is 0.305 e. The molecule has 8 heteroatoms. The second kappa shape index (κ2) is 11.8. The Bertz CT molecular complexity index is 1420. The highest BCUT2D eigenvalue weighted by Gasteiger charge is 2.24. The van der Waals surface area contributed by atoms with Crippen molar-refractivity contribution in [1.82, 2.24) is 15.1 Å². The average molecular weight is 516 g/mol. The Labute approximate surface area is 222 Å². The maximum Gasteiger partial charge on any atom is 0.305 e. The summed E-state index contributed by atoms with van der Waals surface area (Å²) in [4.78, 5) is 24.7. The van der Waals surface area contributed by atoms with E-state index in [9.17, 15) is 14.7 Å². The molecule has 1 aromatic heterocycles. The fourth-order valence-corrected chi connectivity index (χ4v) is 4.70. The number of carbonyl (C=O) groups is 2. The number of rotatable bonds is 11. The molecule has 0 aliphatic carbocycles.